The van der Waals surface area contributed by atoms with E-state index >= 15 is 0 Å². The molecule has 0 amide bonds. The summed E-state index contributed by atoms with van der Waals surface area (Å²) in [6.45, 7) is 6.11. The van der Waals surface area contributed by atoms with Crippen molar-refractivity contribution in [2.45, 2.75) is 26.4 Å². The zero-order valence-corrected chi connectivity index (χ0v) is 7.25. The molecule has 0 aliphatic heterocycles. The largest absolute Gasteiger partial charge is 0.392 e. The average molecular weight is 156 g/mol. The summed E-state index contributed by atoms with van der Waals surface area (Å²) in [6.07, 6.45) is 0.245. The van der Waals surface area contributed by atoms with Crippen molar-refractivity contribution >= 4 is 0 Å². The molecule has 1 unspecified atom stereocenters. The van der Waals surface area contributed by atoms with Crippen LogP contribution in [0.2, 0.25) is 0 Å². The lowest BCUT2D eigenvalue weighted by Gasteiger charge is -2.19. The van der Waals surface area contributed by atoms with Crippen LogP contribution in [0.1, 0.15) is 20.3 Å². The molecule has 0 aromatic heterocycles. The first-order chi connectivity index (χ1) is 5.20. The summed E-state index contributed by atoms with van der Waals surface area (Å²) in [5.41, 5.74) is 0. The van der Waals surface area contributed by atoms with Crippen LogP contribution in [0.3, 0.4) is 0 Å². The van der Waals surface area contributed by atoms with Gasteiger partial charge in [0.15, 0.2) is 0 Å². The van der Waals surface area contributed by atoms with E-state index < -0.39 is 0 Å². The first-order valence-corrected chi connectivity index (χ1v) is 3.98. The van der Waals surface area contributed by atoms with Gasteiger partial charge in [-0.1, -0.05) is 6.92 Å². The SMILES string of the molecule is CCN(CCC#N)CC(C)O. The van der Waals surface area contributed by atoms with Gasteiger partial charge in [-0.05, 0) is 13.5 Å². The minimum Gasteiger partial charge on any atom is -0.392 e. The Morgan fingerprint density at radius 1 is 1.64 bits per heavy atom. The summed E-state index contributed by atoms with van der Waals surface area (Å²) < 4.78 is 0. The number of rotatable bonds is 5. The van der Waals surface area contributed by atoms with Gasteiger partial charge >= 0.3 is 0 Å². The van der Waals surface area contributed by atoms with Gasteiger partial charge in [-0.25, -0.2) is 0 Å². The first-order valence-electron chi connectivity index (χ1n) is 3.98. The van der Waals surface area contributed by atoms with E-state index in [2.05, 4.69) is 11.0 Å². The van der Waals surface area contributed by atoms with Gasteiger partial charge in [-0.2, -0.15) is 5.26 Å². The Balaban J connectivity index is 3.51. The Hall–Kier alpha value is -0.590. The highest BCUT2D eigenvalue weighted by Gasteiger charge is 2.04. The van der Waals surface area contributed by atoms with Crippen molar-refractivity contribution in [3.05, 3.63) is 0 Å². The second-order valence-electron chi connectivity index (χ2n) is 2.65. The van der Waals surface area contributed by atoms with E-state index in [4.69, 9.17) is 10.4 Å². The third-order valence-electron chi connectivity index (χ3n) is 1.51. The first kappa shape index (κ1) is 10.4. The summed E-state index contributed by atoms with van der Waals surface area (Å²) in [7, 11) is 0. The number of aliphatic hydroxyl groups is 1. The van der Waals surface area contributed by atoms with Crippen LogP contribution in [0.25, 0.3) is 0 Å². The monoisotopic (exact) mass is 156 g/mol. The van der Waals surface area contributed by atoms with Gasteiger partial charge in [0.2, 0.25) is 0 Å². The molecule has 0 radical (unpaired) electrons. The van der Waals surface area contributed by atoms with Crippen LogP contribution in [0.15, 0.2) is 0 Å². The van der Waals surface area contributed by atoms with Crippen molar-refractivity contribution in [2.24, 2.45) is 0 Å². The molecule has 0 aliphatic rings. The van der Waals surface area contributed by atoms with Crippen molar-refractivity contribution < 1.29 is 5.11 Å². The highest BCUT2D eigenvalue weighted by Crippen LogP contribution is 1.92. The predicted molar refractivity (Wildman–Crippen MR) is 44.0 cm³/mol. The van der Waals surface area contributed by atoms with Crippen molar-refractivity contribution in [1.82, 2.24) is 4.90 Å². The molecule has 1 N–H and O–H groups in total. The zero-order valence-electron chi connectivity index (χ0n) is 7.25. The Bertz CT molecular complexity index is 129. The Morgan fingerprint density at radius 2 is 2.27 bits per heavy atom. The molecule has 3 heteroatoms. The molecule has 0 aromatic rings. The van der Waals surface area contributed by atoms with Gasteiger partial charge in [-0.15, -0.1) is 0 Å². The van der Waals surface area contributed by atoms with Crippen LogP contribution in [0.5, 0.6) is 0 Å². The van der Waals surface area contributed by atoms with E-state index in [1.807, 2.05) is 6.92 Å². The number of hydrogen-bond acceptors (Lipinski definition) is 3. The van der Waals surface area contributed by atoms with E-state index in [1.165, 1.54) is 0 Å². The predicted octanol–water partition coefficient (Wildman–Crippen LogP) is 0.603. The minimum absolute atomic E-state index is 0.298. The maximum atomic E-state index is 9.03. The van der Waals surface area contributed by atoms with Crippen LogP contribution in [0.4, 0.5) is 0 Å². The van der Waals surface area contributed by atoms with Gasteiger partial charge in [0.25, 0.3) is 0 Å². The number of nitriles is 1. The Kier molecular flexibility index (Phi) is 5.81. The van der Waals surface area contributed by atoms with Crippen molar-refractivity contribution in [3.8, 4) is 6.07 Å². The van der Waals surface area contributed by atoms with E-state index in [0.717, 1.165) is 13.1 Å². The summed E-state index contributed by atoms with van der Waals surface area (Å²) in [4.78, 5) is 2.06. The number of nitrogens with zero attached hydrogens (tertiary/aromatic N) is 2. The molecular formula is C8H16N2O. The third-order valence-corrected chi connectivity index (χ3v) is 1.51. The van der Waals surface area contributed by atoms with E-state index in [0.29, 0.717) is 13.0 Å². The summed E-state index contributed by atoms with van der Waals surface area (Å²) in [5, 5.41) is 17.3. The fourth-order valence-corrected chi connectivity index (χ4v) is 0.960. The lowest BCUT2D eigenvalue weighted by Crippen LogP contribution is -2.31. The lowest BCUT2D eigenvalue weighted by molar-refractivity contribution is 0.131. The topological polar surface area (TPSA) is 47.3 Å². The van der Waals surface area contributed by atoms with Crippen molar-refractivity contribution in [2.75, 3.05) is 19.6 Å². The summed E-state index contributed by atoms with van der Waals surface area (Å²) >= 11 is 0. The number of hydrogen-bond donors (Lipinski definition) is 1. The van der Waals surface area contributed by atoms with Crippen LogP contribution in [-0.4, -0.2) is 35.7 Å². The van der Waals surface area contributed by atoms with Crippen molar-refractivity contribution in [3.63, 3.8) is 0 Å². The molecule has 0 spiro atoms. The minimum atomic E-state index is -0.298. The van der Waals surface area contributed by atoms with Gasteiger partial charge in [0.05, 0.1) is 12.2 Å². The Morgan fingerprint density at radius 3 is 2.64 bits per heavy atom. The molecule has 1 atom stereocenters. The third kappa shape index (κ3) is 5.84. The second kappa shape index (κ2) is 6.14. The highest BCUT2D eigenvalue weighted by molar-refractivity contribution is 4.72. The molecule has 0 fully saturated rings. The van der Waals surface area contributed by atoms with Gasteiger partial charge in [-0.3, -0.25) is 0 Å². The second-order valence-corrected chi connectivity index (χ2v) is 2.65. The van der Waals surface area contributed by atoms with Crippen molar-refractivity contribution in [1.29, 1.82) is 5.26 Å². The molecule has 0 bridgehead atoms. The Labute approximate surface area is 68.2 Å². The van der Waals surface area contributed by atoms with Crippen LogP contribution >= 0.6 is 0 Å². The molecule has 0 saturated heterocycles. The van der Waals surface area contributed by atoms with E-state index in [-0.39, 0.29) is 6.10 Å². The normalized spacial score (nSPS) is 13.0. The fourth-order valence-electron chi connectivity index (χ4n) is 0.960. The average Bonchev–Trinajstić information content (AvgIpc) is 1.97. The molecule has 64 valence electrons. The maximum absolute atomic E-state index is 9.03. The molecule has 0 saturated carbocycles. The van der Waals surface area contributed by atoms with Gasteiger partial charge < -0.3 is 10.0 Å². The van der Waals surface area contributed by atoms with E-state index in [1.54, 1.807) is 6.92 Å². The lowest BCUT2D eigenvalue weighted by atomic mass is 10.3. The highest BCUT2D eigenvalue weighted by atomic mass is 16.3. The van der Waals surface area contributed by atoms with Crippen LogP contribution in [0, 0.1) is 11.3 Å². The molecular weight excluding hydrogens is 140 g/mol. The van der Waals surface area contributed by atoms with E-state index in [9.17, 15) is 0 Å². The quantitative estimate of drug-likeness (QED) is 0.634. The van der Waals surface area contributed by atoms with Crippen LogP contribution < -0.4 is 0 Å². The summed E-state index contributed by atoms with van der Waals surface area (Å²) in [6, 6.07) is 2.08. The molecule has 0 heterocycles. The zero-order chi connectivity index (χ0) is 8.69. The van der Waals surface area contributed by atoms with Gasteiger partial charge in [0.1, 0.15) is 0 Å². The molecule has 0 aliphatic carbocycles. The summed E-state index contributed by atoms with van der Waals surface area (Å²) in [5.74, 6) is 0. The van der Waals surface area contributed by atoms with Gasteiger partial charge in [0, 0.05) is 19.5 Å². The number of aliphatic hydroxyl groups excluding tert-OH is 1. The maximum Gasteiger partial charge on any atom is 0.0639 e. The van der Waals surface area contributed by atoms with Crippen LogP contribution in [-0.2, 0) is 0 Å². The molecule has 3 nitrogen and oxygen atoms in total. The molecule has 0 rings (SSSR count). The molecule has 11 heavy (non-hydrogen) atoms. The molecule has 0 aromatic carbocycles. The standard InChI is InChI=1S/C8H16N2O/c1-3-10(6-4-5-9)7-8(2)11/h8,11H,3-4,6-7H2,1-2H3. The smallest absolute Gasteiger partial charge is 0.0639 e. The number of likely N-dealkylation sites (N-methyl/N-ethyl adjacent to an activating group) is 1. The fraction of sp³-hybridized carbons (Fsp3) is 0.875.